The Morgan fingerprint density at radius 2 is 2.06 bits per heavy atom. The first kappa shape index (κ1) is 11.7. The van der Waals surface area contributed by atoms with Gasteiger partial charge in [-0.2, -0.15) is 0 Å². The molecule has 1 amide bonds. The lowest BCUT2D eigenvalue weighted by atomic mass is 9.93. The number of fused-ring (bicyclic) bond motifs is 1. The highest BCUT2D eigenvalue weighted by molar-refractivity contribution is 5.97. The molecule has 3 rings (SSSR count). The molecule has 3 nitrogen and oxygen atoms in total. The van der Waals surface area contributed by atoms with Gasteiger partial charge in [0.2, 0.25) is 5.91 Å². The van der Waals surface area contributed by atoms with Crippen LogP contribution in [0.3, 0.4) is 0 Å². The van der Waals surface area contributed by atoms with E-state index in [-0.39, 0.29) is 11.9 Å². The number of amides is 1. The fourth-order valence-corrected chi connectivity index (χ4v) is 3.45. The van der Waals surface area contributed by atoms with Crippen molar-refractivity contribution in [1.82, 2.24) is 5.32 Å². The molecule has 1 aliphatic heterocycles. The topological polar surface area (TPSA) is 32.3 Å². The first-order valence-corrected chi connectivity index (χ1v) is 6.83. The smallest absolute Gasteiger partial charge is 0.244 e. The van der Waals surface area contributed by atoms with Crippen molar-refractivity contribution in [2.75, 3.05) is 18.5 Å². The lowest BCUT2D eigenvalue weighted by Gasteiger charge is -2.24. The van der Waals surface area contributed by atoms with E-state index >= 15 is 0 Å². The minimum absolute atomic E-state index is 0.0303. The summed E-state index contributed by atoms with van der Waals surface area (Å²) < 4.78 is 0. The van der Waals surface area contributed by atoms with E-state index in [9.17, 15) is 4.79 Å². The molecular formula is C15H20N2O. The Labute approximate surface area is 108 Å². The summed E-state index contributed by atoms with van der Waals surface area (Å²) in [5.41, 5.74) is 0.978. The molecule has 1 aromatic carbocycles. The largest absolute Gasteiger partial charge is 0.314 e. The van der Waals surface area contributed by atoms with Crippen molar-refractivity contribution >= 4 is 11.6 Å². The Kier molecular flexibility index (Phi) is 3.08. The van der Waals surface area contributed by atoms with Crippen molar-refractivity contribution in [3.63, 3.8) is 0 Å². The molecule has 0 bridgehead atoms. The molecular weight excluding hydrogens is 224 g/mol. The molecule has 3 unspecified atom stereocenters. The van der Waals surface area contributed by atoms with E-state index in [2.05, 4.69) is 5.32 Å². The Balaban J connectivity index is 1.75. The van der Waals surface area contributed by atoms with Gasteiger partial charge in [0.05, 0.1) is 6.04 Å². The minimum Gasteiger partial charge on any atom is -0.314 e. The molecule has 1 saturated carbocycles. The van der Waals surface area contributed by atoms with E-state index in [1.165, 1.54) is 19.3 Å². The van der Waals surface area contributed by atoms with Crippen molar-refractivity contribution in [2.24, 2.45) is 11.8 Å². The van der Waals surface area contributed by atoms with Crippen LogP contribution < -0.4 is 10.2 Å². The quantitative estimate of drug-likeness (QED) is 0.863. The van der Waals surface area contributed by atoms with Gasteiger partial charge in [0.25, 0.3) is 0 Å². The molecule has 2 aliphatic rings. The normalized spacial score (nSPS) is 30.2. The van der Waals surface area contributed by atoms with Crippen LogP contribution in [0, 0.1) is 11.8 Å². The molecule has 1 aromatic rings. The van der Waals surface area contributed by atoms with Gasteiger partial charge in [-0.1, -0.05) is 24.6 Å². The van der Waals surface area contributed by atoms with Crippen molar-refractivity contribution in [1.29, 1.82) is 0 Å². The summed E-state index contributed by atoms with van der Waals surface area (Å²) in [7, 11) is 1.88. The van der Waals surface area contributed by atoms with Crippen LogP contribution in [-0.2, 0) is 4.79 Å². The fraction of sp³-hybridized carbons (Fsp3) is 0.533. The van der Waals surface area contributed by atoms with E-state index in [0.717, 1.165) is 18.2 Å². The van der Waals surface area contributed by atoms with Crippen LogP contribution >= 0.6 is 0 Å². The SMILES string of the molecule is CN(C(=O)C1NCC2CCCC21)c1ccccc1. The number of rotatable bonds is 2. The zero-order chi connectivity index (χ0) is 12.5. The molecule has 96 valence electrons. The van der Waals surface area contributed by atoms with E-state index in [0.29, 0.717) is 5.92 Å². The predicted octanol–water partition coefficient (Wildman–Crippen LogP) is 2.04. The number of anilines is 1. The van der Waals surface area contributed by atoms with Gasteiger partial charge in [-0.3, -0.25) is 4.79 Å². The number of benzene rings is 1. The van der Waals surface area contributed by atoms with Gasteiger partial charge in [-0.15, -0.1) is 0 Å². The van der Waals surface area contributed by atoms with Crippen LogP contribution in [0.2, 0.25) is 0 Å². The third-order valence-electron chi connectivity index (χ3n) is 4.49. The molecule has 0 aromatic heterocycles. The van der Waals surface area contributed by atoms with Gasteiger partial charge in [-0.05, 0) is 43.4 Å². The first-order valence-electron chi connectivity index (χ1n) is 6.83. The lowest BCUT2D eigenvalue weighted by molar-refractivity contribution is -0.120. The van der Waals surface area contributed by atoms with Gasteiger partial charge in [-0.25, -0.2) is 0 Å². The average Bonchev–Trinajstić information content (AvgIpc) is 3.00. The van der Waals surface area contributed by atoms with Crippen molar-refractivity contribution in [2.45, 2.75) is 25.3 Å². The molecule has 1 saturated heterocycles. The fourth-order valence-electron chi connectivity index (χ4n) is 3.45. The number of nitrogens with zero attached hydrogens (tertiary/aromatic N) is 1. The van der Waals surface area contributed by atoms with Crippen LogP contribution in [0.15, 0.2) is 30.3 Å². The highest BCUT2D eigenvalue weighted by Crippen LogP contribution is 2.38. The number of carbonyl (C=O) groups is 1. The first-order chi connectivity index (χ1) is 8.77. The third-order valence-corrected chi connectivity index (χ3v) is 4.49. The number of hydrogen-bond acceptors (Lipinski definition) is 2. The molecule has 18 heavy (non-hydrogen) atoms. The highest BCUT2D eigenvalue weighted by Gasteiger charge is 2.43. The van der Waals surface area contributed by atoms with Gasteiger partial charge in [0.1, 0.15) is 0 Å². The number of para-hydroxylation sites is 1. The average molecular weight is 244 g/mol. The Bertz CT molecular complexity index is 431. The zero-order valence-electron chi connectivity index (χ0n) is 10.8. The van der Waals surface area contributed by atoms with Gasteiger partial charge in [0.15, 0.2) is 0 Å². The molecule has 2 fully saturated rings. The number of nitrogens with one attached hydrogen (secondary N) is 1. The summed E-state index contributed by atoms with van der Waals surface area (Å²) in [6, 6.07) is 9.92. The second-order valence-corrected chi connectivity index (χ2v) is 5.47. The zero-order valence-corrected chi connectivity index (χ0v) is 10.8. The van der Waals surface area contributed by atoms with Crippen LogP contribution in [0.25, 0.3) is 0 Å². The summed E-state index contributed by atoms with van der Waals surface area (Å²) in [5.74, 6) is 1.50. The maximum absolute atomic E-state index is 12.6. The maximum Gasteiger partial charge on any atom is 0.244 e. The van der Waals surface area contributed by atoms with E-state index in [4.69, 9.17) is 0 Å². The summed E-state index contributed by atoms with van der Waals surface area (Å²) >= 11 is 0. The second kappa shape index (κ2) is 4.73. The maximum atomic E-state index is 12.6. The van der Waals surface area contributed by atoms with Gasteiger partial charge < -0.3 is 10.2 Å². The number of carbonyl (C=O) groups excluding carboxylic acids is 1. The van der Waals surface area contributed by atoms with Crippen LogP contribution in [0.4, 0.5) is 5.69 Å². The van der Waals surface area contributed by atoms with Crippen molar-refractivity contribution < 1.29 is 4.79 Å². The molecule has 0 radical (unpaired) electrons. The number of likely N-dealkylation sites (N-methyl/N-ethyl adjacent to an activating group) is 1. The summed E-state index contributed by atoms with van der Waals surface area (Å²) in [4.78, 5) is 14.3. The molecule has 3 heteroatoms. The molecule has 1 N–H and O–H groups in total. The highest BCUT2D eigenvalue weighted by atomic mass is 16.2. The molecule has 1 heterocycles. The molecule has 0 spiro atoms. The van der Waals surface area contributed by atoms with Crippen molar-refractivity contribution in [3.05, 3.63) is 30.3 Å². The minimum atomic E-state index is 0.0303. The third kappa shape index (κ3) is 1.93. The van der Waals surface area contributed by atoms with Crippen molar-refractivity contribution in [3.8, 4) is 0 Å². The summed E-state index contributed by atoms with van der Waals surface area (Å²) in [6.07, 6.45) is 3.78. The lowest BCUT2D eigenvalue weighted by Crippen LogP contribution is -2.44. The number of hydrogen-bond donors (Lipinski definition) is 1. The Hall–Kier alpha value is -1.35. The summed E-state index contributed by atoms with van der Waals surface area (Å²) in [6.45, 7) is 1.02. The standard InChI is InChI=1S/C15H20N2O/c1-17(12-7-3-2-4-8-12)15(18)14-13-9-5-6-11(13)10-16-14/h2-4,7-8,11,13-14,16H,5-6,9-10H2,1H3. The van der Waals surface area contributed by atoms with Crippen LogP contribution in [-0.4, -0.2) is 25.5 Å². The molecule has 3 atom stereocenters. The second-order valence-electron chi connectivity index (χ2n) is 5.47. The van der Waals surface area contributed by atoms with Gasteiger partial charge >= 0.3 is 0 Å². The van der Waals surface area contributed by atoms with Crippen LogP contribution in [0.1, 0.15) is 19.3 Å². The summed E-state index contributed by atoms with van der Waals surface area (Å²) in [5, 5.41) is 3.42. The van der Waals surface area contributed by atoms with Crippen LogP contribution in [0.5, 0.6) is 0 Å². The Morgan fingerprint density at radius 3 is 2.83 bits per heavy atom. The van der Waals surface area contributed by atoms with E-state index in [1.807, 2.05) is 37.4 Å². The van der Waals surface area contributed by atoms with Gasteiger partial charge in [0, 0.05) is 12.7 Å². The predicted molar refractivity (Wildman–Crippen MR) is 72.5 cm³/mol. The molecule has 1 aliphatic carbocycles. The van der Waals surface area contributed by atoms with E-state index < -0.39 is 0 Å². The monoisotopic (exact) mass is 244 g/mol. The van der Waals surface area contributed by atoms with E-state index in [1.54, 1.807) is 4.90 Å². The Morgan fingerprint density at radius 1 is 1.28 bits per heavy atom.